The largest absolute Gasteiger partial charge is 0.454 e. The number of benzene rings is 4. The molecule has 0 bridgehead atoms. The summed E-state index contributed by atoms with van der Waals surface area (Å²) in [7, 11) is 2.07. The van der Waals surface area contributed by atoms with Crippen LogP contribution in [0.15, 0.2) is 89.5 Å². The summed E-state index contributed by atoms with van der Waals surface area (Å²) < 4.78 is 24.3. The van der Waals surface area contributed by atoms with Crippen molar-refractivity contribution in [2.45, 2.75) is 44.9 Å². The van der Waals surface area contributed by atoms with Crippen molar-refractivity contribution in [2.24, 2.45) is 7.05 Å². The van der Waals surface area contributed by atoms with Crippen molar-refractivity contribution < 1.29 is 13.4 Å². The maximum atomic E-state index is 15.5. The first-order chi connectivity index (χ1) is 18.6. The van der Waals surface area contributed by atoms with E-state index in [1.807, 2.05) is 6.07 Å². The van der Waals surface area contributed by atoms with Gasteiger partial charge in [0, 0.05) is 22.2 Å². The zero-order valence-electron chi connectivity index (χ0n) is 21.9. The lowest BCUT2D eigenvalue weighted by molar-refractivity contribution is -0.659. The molecule has 1 fully saturated rings. The highest BCUT2D eigenvalue weighted by Crippen LogP contribution is 2.42. The molecule has 0 atom stereocenters. The molecule has 38 heavy (non-hydrogen) atoms. The van der Waals surface area contributed by atoms with Crippen LogP contribution in [-0.2, 0) is 7.05 Å². The third-order valence-corrected chi connectivity index (χ3v) is 8.50. The van der Waals surface area contributed by atoms with Gasteiger partial charge in [0.05, 0.1) is 11.1 Å². The lowest BCUT2D eigenvalue weighted by atomic mass is 9.83. The number of rotatable bonds is 3. The van der Waals surface area contributed by atoms with E-state index in [0.717, 1.165) is 38.7 Å². The first-order valence-corrected chi connectivity index (χ1v) is 13.7. The fourth-order valence-corrected chi connectivity index (χ4v) is 6.46. The van der Waals surface area contributed by atoms with Crippen LogP contribution in [0.5, 0.6) is 0 Å². The van der Waals surface area contributed by atoms with Crippen molar-refractivity contribution in [1.29, 1.82) is 0 Å². The highest BCUT2D eigenvalue weighted by atomic mass is 19.1. The maximum absolute atomic E-state index is 15.5. The Labute approximate surface area is 222 Å². The fourth-order valence-electron chi connectivity index (χ4n) is 6.46. The molecule has 1 saturated carbocycles. The molecule has 6 aromatic rings. The summed E-state index contributed by atoms with van der Waals surface area (Å²) in [6.45, 7) is 2.11. The normalized spacial score (nSPS) is 14.6. The van der Waals surface area contributed by atoms with E-state index in [0.29, 0.717) is 17.1 Å². The Kier molecular flexibility index (Phi) is 5.54. The topological polar surface area (TPSA) is 17.0 Å². The van der Waals surface area contributed by atoms with Crippen LogP contribution in [0.1, 0.15) is 49.1 Å². The second-order valence-corrected chi connectivity index (χ2v) is 10.9. The van der Waals surface area contributed by atoms with Crippen LogP contribution < -0.4 is 4.57 Å². The van der Waals surface area contributed by atoms with E-state index in [2.05, 4.69) is 91.5 Å². The van der Waals surface area contributed by atoms with E-state index in [-0.39, 0.29) is 5.82 Å². The molecule has 3 heteroatoms. The maximum Gasteiger partial charge on any atom is 0.216 e. The third-order valence-electron chi connectivity index (χ3n) is 8.50. The van der Waals surface area contributed by atoms with E-state index in [4.69, 9.17) is 4.42 Å². The molecule has 2 aromatic heterocycles. The monoisotopic (exact) mass is 500 g/mol. The Morgan fingerprint density at radius 1 is 0.763 bits per heavy atom. The minimum absolute atomic E-state index is 0.253. The van der Waals surface area contributed by atoms with Crippen LogP contribution in [0.2, 0.25) is 0 Å². The number of furan rings is 1. The van der Waals surface area contributed by atoms with Gasteiger partial charge in [-0.2, -0.15) is 0 Å². The molecule has 188 valence electrons. The molecule has 0 unspecified atom stereocenters. The van der Waals surface area contributed by atoms with Gasteiger partial charge in [-0.25, -0.2) is 8.96 Å². The summed E-state index contributed by atoms with van der Waals surface area (Å²) in [5, 5.41) is 4.32. The van der Waals surface area contributed by atoms with E-state index in [9.17, 15) is 0 Å². The van der Waals surface area contributed by atoms with Crippen molar-refractivity contribution in [1.82, 2.24) is 0 Å². The quantitative estimate of drug-likeness (QED) is 0.221. The van der Waals surface area contributed by atoms with Crippen LogP contribution in [0.4, 0.5) is 4.39 Å². The Morgan fingerprint density at radius 2 is 1.45 bits per heavy atom. The van der Waals surface area contributed by atoms with E-state index in [1.54, 1.807) is 6.07 Å². The summed E-state index contributed by atoms with van der Waals surface area (Å²) in [6, 6.07) is 26.8. The molecule has 0 spiro atoms. The van der Waals surface area contributed by atoms with E-state index >= 15 is 4.39 Å². The summed E-state index contributed by atoms with van der Waals surface area (Å²) in [6.07, 6.45) is 8.60. The van der Waals surface area contributed by atoms with Gasteiger partial charge in [-0.15, -0.1) is 0 Å². The Hall–Kier alpha value is -3.98. The lowest BCUT2D eigenvalue weighted by Gasteiger charge is -2.22. The standard InChI is InChI=1S/C35H31FNO/c1-22-12-17-28-29-18-19-30(36)33(25-15-13-24(14-16-25)23-8-4-3-5-9-23)35(29)38-34(28)32(22)31-20-26-10-6-7-11-27(26)21-37(31)2/h6-7,10-21,23H,3-5,8-9H2,1-2H3/q+1. The number of aryl methyl sites for hydroxylation is 2. The molecule has 0 aliphatic heterocycles. The van der Waals surface area contributed by atoms with Gasteiger partial charge in [-0.3, -0.25) is 0 Å². The second kappa shape index (κ2) is 9.09. The zero-order chi connectivity index (χ0) is 25.8. The molecule has 0 radical (unpaired) electrons. The average molecular weight is 501 g/mol. The van der Waals surface area contributed by atoms with Crippen LogP contribution >= 0.6 is 0 Å². The van der Waals surface area contributed by atoms with Crippen molar-refractivity contribution in [3.63, 3.8) is 0 Å². The van der Waals surface area contributed by atoms with E-state index in [1.165, 1.54) is 48.4 Å². The van der Waals surface area contributed by atoms with Gasteiger partial charge in [0.25, 0.3) is 0 Å². The van der Waals surface area contributed by atoms with Gasteiger partial charge < -0.3 is 4.42 Å². The predicted molar refractivity (Wildman–Crippen MR) is 154 cm³/mol. The molecule has 2 heterocycles. The van der Waals surface area contributed by atoms with E-state index < -0.39 is 0 Å². The highest BCUT2D eigenvalue weighted by molar-refractivity contribution is 6.13. The van der Waals surface area contributed by atoms with Crippen molar-refractivity contribution in [2.75, 3.05) is 0 Å². The Bertz CT molecular complexity index is 1820. The number of pyridine rings is 1. The lowest BCUT2D eigenvalue weighted by Crippen LogP contribution is -2.30. The van der Waals surface area contributed by atoms with Gasteiger partial charge in [-0.1, -0.05) is 73.9 Å². The molecule has 7 rings (SSSR count). The van der Waals surface area contributed by atoms with Gasteiger partial charge in [-0.05, 0) is 66.0 Å². The SMILES string of the molecule is Cc1ccc2c(oc3c(-c4ccc(C5CCCCC5)cc4)c(F)ccc32)c1-c1cc2ccccc2c[n+]1C. The molecular formula is C35H31FNO+. The number of hydrogen-bond acceptors (Lipinski definition) is 1. The van der Waals surface area contributed by atoms with Gasteiger partial charge >= 0.3 is 0 Å². The molecule has 1 aliphatic rings. The number of halogens is 1. The molecule has 0 amide bonds. The summed E-state index contributed by atoms with van der Waals surface area (Å²) in [5.41, 5.74) is 7.43. The average Bonchev–Trinajstić information content (AvgIpc) is 3.32. The molecule has 1 aliphatic carbocycles. The molecule has 4 aromatic carbocycles. The van der Waals surface area contributed by atoms with Crippen molar-refractivity contribution in [3.8, 4) is 22.4 Å². The van der Waals surface area contributed by atoms with Crippen molar-refractivity contribution in [3.05, 3.63) is 102 Å². The molecule has 0 N–H and O–H groups in total. The van der Waals surface area contributed by atoms with Crippen LogP contribution in [0, 0.1) is 12.7 Å². The van der Waals surface area contributed by atoms with Crippen LogP contribution in [-0.4, -0.2) is 0 Å². The number of hydrogen-bond donors (Lipinski definition) is 0. The Balaban J connectivity index is 1.42. The predicted octanol–water partition coefficient (Wildman–Crippen LogP) is 9.39. The summed E-state index contributed by atoms with van der Waals surface area (Å²) in [5.74, 6) is 0.370. The zero-order valence-corrected chi connectivity index (χ0v) is 21.9. The van der Waals surface area contributed by atoms with Crippen LogP contribution in [0.25, 0.3) is 55.1 Å². The molecule has 0 saturated heterocycles. The van der Waals surface area contributed by atoms with Gasteiger partial charge in [0.1, 0.15) is 24.0 Å². The van der Waals surface area contributed by atoms with Crippen LogP contribution in [0.3, 0.4) is 0 Å². The third kappa shape index (κ3) is 3.72. The number of nitrogens with zero attached hydrogens (tertiary/aromatic N) is 1. The Morgan fingerprint density at radius 3 is 2.21 bits per heavy atom. The first kappa shape index (κ1) is 23.2. The van der Waals surface area contributed by atoms with Gasteiger partial charge in [0.15, 0.2) is 6.20 Å². The first-order valence-electron chi connectivity index (χ1n) is 13.7. The smallest absolute Gasteiger partial charge is 0.216 e. The molecule has 2 nitrogen and oxygen atoms in total. The summed E-state index contributed by atoms with van der Waals surface area (Å²) >= 11 is 0. The number of aromatic nitrogens is 1. The summed E-state index contributed by atoms with van der Waals surface area (Å²) in [4.78, 5) is 0. The van der Waals surface area contributed by atoms with Gasteiger partial charge in [0.2, 0.25) is 5.69 Å². The van der Waals surface area contributed by atoms with Crippen molar-refractivity contribution >= 4 is 32.7 Å². The fraction of sp³-hybridized carbons (Fsp3) is 0.229. The minimum atomic E-state index is -0.253. The second-order valence-electron chi connectivity index (χ2n) is 10.9. The minimum Gasteiger partial charge on any atom is -0.454 e. The highest BCUT2D eigenvalue weighted by Gasteiger charge is 2.24. The number of fused-ring (bicyclic) bond motifs is 4. The molecular weight excluding hydrogens is 469 g/mol.